The number of carbonyl (C=O) groups is 1. The smallest absolute Gasteiger partial charge is 0.316 e. The van der Waals surface area contributed by atoms with Crippen LogP contribution in [0.1, 0.15) is 12.0 Å². The highest BCUT2D eigenvalue weighted by Gasteiger charge is 2.34. The Morgan fingerprint density at radius 1 is 1.16 bits per heavy atom. The van der Waals surface area contributed by atoms with E-state index in [0.29, 0.717) is 17.7 Å². The molecule has 0 radical (unpaired) electrons. The van der Waals surface area contributed by atoms with Crippen molar-refractivity contribution >= 4 is 21.6 Å². The largest absolute Gasteiger partial charge is 0.322 e. The number of sulfone groups is 1. The Labute approximate surface area is 146 Å². The van der Waals surface area contributed by atoms with E-state index in [1.807, 2.05) is 6.07 Å². The summed E-state index contributed by atoms with van der Waals surface area (Å²) in [6, 6.07) is 14.1. The number of hydrogen-bond acceptors (Lipinski definition) is 3. The van der Waals surface area contributed by atoms with Crippen LogP contribution in [0.4, 0.5) is 14.9 Å². The van der Waals surface area contributed by atoms with Gasteiger partial charge in [-0.25, -0.2) is 17.6 Å². The van der Waals surface area contributed by atoms with Gasteiger partial charge in [0.05, 0.1) is 11.5 Å². The van der Waals surface area contributed by atoms with Gasteiger partial charge in [-0.2, -0.15) is 0 Å². The van der Waals surface area contributed by atoms with Crippen molar-refractivity contribution in [2.45, 2.75) is 19.0 Å². The molecule has 2 amide bonds. The summed E-state index contributed by atoms with van der Waals surface area (Å²) < 4.78 is 37.1. The minimum atomic E-state index is -3.14. The minimum Gasteiger partial charge on any atom is -0.316 e. The molecule has 0 bridgehead atoms. The van der Waals surface area contributed by atoms with Gasteiger partial charge in [0.25, 0.3) is 0 Å². The normalized spacial score (nSPS) is 18.7. The molecule has 0 spiro atoms. The number of para-hydroxylation sites is 1. The number of hydrogen-bond donors (Lipinski definition) is 1. The zero-order chi connectivity index (χ0) is 17.9. The maximum absolute atomic E-state index is 13.5. The lowest BCUT2D eigenvalue weighted by atomic mass is 10.1. The molecule has 1 aliphatic heterocycles. The number of nitrogens with one attached hydrogen (secondary N) is 1. The first kappa shape index (κ1) is 17.4. The molecule has 1 atom stereocenters. The maximum atomic E-state index is 13.5. The topological polar surface area (TPSA) is 66.5 Å². The summed E-state index contributed by atoms with van der Waals surface area (Å²) in [6.45, 7) is 0.149. The molecule has 5 nitrogen and oxygen atoms in total. The Bertz CT molecular complexity index is 856. The summed E-state index contributed by atoms with van der Waals surface area (Å²) in [6.07, 6.45) is 0.389. The molecular weight excluding hydrogens is 343 g/mol. The van der Waals surface area contributed by atoms with Gasteiger partial charge < -0.3 is 10.2 Å². The number of urea groups is 1. The van der Waals surface area contributed by atoms with Crippen LogP contribution in [0.2, 0.25) is 0 Å². The summed E-state index contributed by atoms with van der Waals surface area (Å²) in [5.74, 6) is -0.388. The Balaban J connectivity index is 1.82. The van der Waals surface area contributed by atoms with Crippen LogP contribution >= 0.6 is 0 Å². The Morgan fingerprint density at radius 2 is 1.92 bits per heavy atom. The molecule has 1 aliphatic rings. The molecular formula is C18H19FN2O3S. The average molecular weight is 362 g/mol. The van der Waals surface area contributed by atoms with Crippen molar-refractivity contribution in [1.29, 1.82) is 0 Å². The zero-order valence-electron chi connectivity index (χ0n) is 13.6. The predicted octanol–water partition coefficient (Wildman–Crippen LogP) is 3.05. The number of carbonyl (C=O) groups excluding carboxylic acids is 1. The van der Waals surface area contributed by atoms with Gasteiger partial charge in [-0.3, -0.25) is 0 Å². The van der Waals surface area contributed by atoms with E-state index in [1.54, 1.807) is 36.4 Å². The van der Waals surface area contributed by atoms with Gasteiger partial charge in [0.1, 0.15) is 5.82 Å². The van der Waals surface area contributed by atoms with Gasteiger partial charge in [-0.05, 0) is 36.2 Å². The van der Waals surface area contributed by atoms with Crippen LogP contribution in [0.3, 0.4) is 0 Å². The fraction of sp³-hybridized carbons (Fsp3) is 0.278. The minimum absolute atomic E-state index is 0.0650. The van der Waals surface area contributed by atoms with Crippen molar-refractivity contribution in [2.75, 3.05) is 16.8 Å². The Morgan fingerprint density at radius 3 is 2.56 bits per heavy atom. The van der Waals surface area contributed by atoms with Crippen LogP contribution in [0.5, 0.6) is 0 Å². The van der Waals surface area contributed by atoms with Crippen LogP contribution in [0.25, 0.3) is 0 Å². The summed E-state index contributed by atoms with van der Waals surface area (Å²) >= 11 is 0. The maximum Gasteiger partial charge on any atom is 0.322 e. The number of anilines is 1. The molecule has 3 rings (SSSR count). The van der Waals surface area contributed by atoms with Crippen LogP contribution in [-0.4, -0.2) is 36.9 Å². The summed E-state index contributed by atoms with van der Waals surface area (Å²) in [5.41, 5.74) is 1.24. The molecule has 2 aromatic rings. The molecule has 0 aliphatic carbocycles. The molecule has 1 heterocycles. The standard InChI is InChI=1S/C18H19FN2O3S/c19-15-6-4-5-14(11-15)12-21(17-9-10-25(23,24)13-17)18(22)20-16-7-2-1-3-8-16/h1-8,11,17H,9-10,12-13H2,(H,20,22)/t17-/m0/s1. The number of nitrogens with zero attached hydrogens (tertiary/aromatic N) is 1. The molecule has 0 unspecified atom stereocenters. The van der Waals surface area contributed by atoms with Gasteiger partial charge in [0.15, 0.2) is 9.84 Å². The average Bonchev–Trinajstić information content (AvgIpc) is 2.93. The molecule has 1 N–H and O–H groups in total. The van der Waals surface area contributed by atoms with Gasteiger partial charge in [-0.15, -0.1) is 0 Å². The molecule has 7 heteroatoms. The lowest BCUT2D eigenvalue weighted by molar-refractivity contribution is 0.190. The quantitative estimate of drug-likeness (QED) is 0.909. The molecule has 0 saturated carbocycles. The van der Waals surface area contributed by atoms with Crippen molar-refractivity contribution in [1.82, 2.24) is 4.90 Å². The van der Waals surface area contributed by atoms with Crippen LogP contribution in [-0.2, 0) is 16.4 Å². The van der Waals surface area contributed by atoms with Crippen LogP contribution in [0, 0.1) is 5.82 Å². The molecule has 1 fully saturated rings. The fourth-order valence-electron chi connectivity index (χ4n) is 2.94. The molecule has 0 aromatic heterocycles. The predicted molar refractivity (Wildman–Crippen MR) is 94.5 cm³/mol. The van der Waals surface area contributed by atoms with E-state index in [4.69, 9.17) is 0 Å². The second-order valence-corrected chi connectivity index (χ2v) is 8.34. The van der Waals surface area contributed by atoms with Crippen molar-refractivity contribution in [3.63, 3.8) is 0 Å². The second kappa shape index (κ2) is 7.23. The van der Waals surface area contributed by atoms with E-state index < -0.39 is 21.9 Å². The number of amides is 2. The van der Waals surface area contributed by atoms with E-state index in [2.05, 4.69) is 5.32 Å². The first-order valence-corrected chi connectivity index (χ1v) is 9.83. The van der Waals surface area contributed by atoms with Crippen molar-refractivity contribution in [3.8, 4) is 0 Å². The van der Waals surface area contributed by atoms with Crippen LogP contribution < -0.4 is 5.32 Å². The summed E-state index contributed by atoms with van der Waals surface area (Å²) in [4.78, 5) is 14.2. The number of rotatable bonds is 4. The monoisotopic (exact) mass is 362 g/mol. The molecule has 1 saturated heterocycles. The Kier molecular flexibility index (Phi) is 5.03. The third-order valence-corrected chi connectivity index (χ3v) is 5.93. The number of halogens is 1. The lowest BCUT2D eigenvalue weighted by Crippen LogP contribution is -2.43. The highest BCUT2D eigenvalue weighted by atomic mass is 32.2. The highest BCUT2D eigenvalue weighted by molar-refractivity contribution is 7.91. The summed E-state index contributed by atoms with van der Waals surface area (Å²) in [7, 11) is -3.14. The second-order valence-electron chi connectivity index (χ2n) is 6.11. The van der Waals surface area contributed by atoms with E-state index in [9.17, 15) is 17.6 Å². The molecule has 2 aromatic carbocycles. The summed E-state index contributed by atoms with van der Waals surface area (Å²) in [5, 5.41) is 2.78. The fourth-order valence-corrected chi connectivity index (χ4v) is 4.67. The Hall–Kier alpha value is -2.41. The van der Waals surface area contributed by atoms with E-state index in [0.717, 1.165) is 0 Å². The zero-order valence-corrected chi connectivity index (χ0v) is 14.4. The van der Waals surface area contributed by atoms with Crippen molar-refractivity contribution < 1.29 is 17.6 Å². The molecule has 132 valence electrons. The first-order valence-electron chi connectivity index (χ1n) is 8.00. The van der Waals surface area contributed by atoms with Gasteiger partial charge in [0, 0.05) is 18.3 Å². The number of benzene rings is 2. The molecule has 25 heavy (non-hydrogen) atoms. The third-order valence-electron chi connectivity index (χ3n) is 4.18. The van der Waals surface area contributed by atoms with Crippen molar-refractivity contribution in [2.24, 2.45) is 0 Å². The van der Waals surface area contributed by atoms with Gasteiger partial charge in [0.2, 0.25) is 0 Å². The first-order chi connectivity index (χ1) is 11.9. The van der Waals surface area contributed by atoms with Crippen molar-refractivity contribution in [3.05, 3.63) is 66.0 Å². The van der Waals surface area contributed by atoms with Crippen LogP contribution in [0.15, 0.2) is 54.6 Å². The van der Waals surface area contributed by atoms with E-state index in [-0.39, 0.29) is 23.9 Å². The third kappa shape index (κ3) is 4.57. The van der Waals surface area contributed by atoms with E-state index in [1.165, 1.54) is 17.0 Å². The van der Waals surface area contributed by atoms with Gasteiger partial charge >= 0.3 is 6.03 Å². The van der Waals surface area contributed by atoms with E-state index >= 15 is 0 Å². The highest BCUT2D eigenvalue weighted by Crippen LogP contribution is 2.21. The SMILES string of the molecule is O=C(Nc1ccccc1)N(Cc1cccc(F)c1)[C@H]1CCS(=O)(=O)C1. The van der Waals surface area contributed by atoms with Gasteiger partial charge in [-0.1, -0.05) is 30.3 Å². The lowest BCUT2D eigenvalue weighted by Gasteiger charge is -2.28.